The molecule has 0 fully saturated rings. The number of ether oxygens (including phenoxy) is 2. The van der Waals surface area contributed by atoms with Crippen LogP contribution in [0.15, 0.2) is 48.7 Å². The zero-order valence-electron chi connectivity index (χ0n) is 16.3. The van der Waals surface area contributed by atoms with E-state index in [4.69, 9.17) is 21.1 Å². The van der Waals surface area contributed by atoms with Crippen LogP contribution >= 0.6 is 11.6 Å². The first-order valence-electron chi connectivity index (χ1n) is 8.89. The molecular weight excluding hydrogens is 376 g/mol. The van der Waals surface area contributed by atoms with E-state index in [1.54, 1.807) is 38.6 Å². The van der Waals surface area contributed by atoms with Crippen molar-refractivity contribution in [1.82, 2.24) is 9.97 Å². The number of benzene rings is 2. The minimum Gasteiger partial charge on any atom is -0.495 e. The number of hydrogen-bond acceptors (Lipinski definition) is 6. The Balaban J connectivity index is 1.87. The summed E-state index contributed by atoms with van der Waals surface area (Å²) in [4.78, 5) is 8.88. The average Bonchev–Trinajstić information content (AvgIpc) is 2.69. The molecular formula is C21H23ClN4O2. The normalized spacial score (nSPS) is 10.6. The molecule has 146 valence electrons. The number of methoxy groups -OCH3 is 2. The van der Waals surface area contributed by atoms with Crippen LogP contribution in [0.3, 0.4) is 0 Å². The van der Waals surface area contributed by atoms with E-state index in [0.717, 1.165) is 5.69 Å². The highest BCUT2D eigenvalue weighted by Gasteiger charge is 2.12. The van der Waals surface area contributed by atoms with Crippen molar-refractivity contribution in [3.8, 4) is 11.5 Å². The molecule has 0 bridgehead atoms. The number of nitrogens with one attached hydrogen (secondary N) is 2. The van der Waals surface area contributed by atoms with Crippen LogP contribution in [0.2, 0.25) is 5.02 Å². The van der Waals surface area contributed by atoms with Crippen molar-refractivity contribution < 1.29 is 9.47 Å². The predicted octanol–water partition coefficient (Wildman–Crippen LogP) is 5.76. The second kappa shape index (κ2) is 8.80. The molecule has 7 heteroatoms. The topological polar surface area (TPSA) is 68.3 Å². The Bertz CT molecular complexity index is 963. The highest BCUT2D eigenvalue weighted by atomic mass is 35.5. The molecule has 6 nitrogen and oxygen atoms in total. The van der Waals surface area contributed by atoms with E-state index in [0.29, 0.717) is 39.9 Å². The van der Waals surface area contributed by atoms with Gasteiger partial charge in [-0.2, -0.15) is 4.98 Å². The lowest BCUT2D eigenvalue weighted by molar-refractivity contribution is 0.405. The van der Waals surface area contributed by atoms with Gasteiger partial charge in [0.2, 0.25) is 5.95 Å². The number of nitrogens with zero attached hydrogens (tertiary/aromatic N) is 2. The summed E-state index contributed by atoms with van der Waals surface area (Å²) in [5.74, 6) is 2.63. The highest BCUT2D eigenvalue weighted by molar-refractivity contribution is 6.32. The second-order valence-corrected chi connectivity index (χ2v) is 6.85. The number of hydrogen-bond donors (Lipinski definition) is 2. The molecule has 0 aliphatic heterocycles. The fourth-order valence-electron chi connectivity index (χ4n) is 2.82. The number of halogens is 1. The molecule has 2 aromatic carbocycles. The van der Waals surface area contributed by atoms with Gasteiger partial charge in [0.15, 0.2) is 0 Å². The van der Waals surface area contributed by atoms with E-state index in [1.165, 1.54) is 5.56 Å². The molecule has 0 saturated heterocycles. The highest BCUT2D eigenvalue weighted by Crippen LogP contribution is 2.37. The van der Waals surface area contributed by atoms with E-state index in [2.05, 4.69) is 40.5 Å². The lowest BCUT2D eigenvalue weighted by atomic mass is 10.0. The van der Waals surface area contributed by atoms with E-state index < -0.39 is 0 Å². The summed E-state index contributed by atoms with van der Waals surface area (Å²) in [6, 6.07) is 13.4. The fraction of sp³-hybridized carbons (Fsp3) is 0.238. The van der Waals surface area contributed by atoms with Gasteiger partial charge in [-0.25, -0.2) is 4.98 Å². The van der Waals surface area contributed by atoms with Crippen LogP contribution in [0, 0.1) is 0 Å². The van der Waals surface area contributed by atoms with Gasteiger partial charge in [-0.1, -0.05) is 43.6 Å². The molecule has 3 aromatic rings. The zero-order chi connectivity index (χ0) is 20.1. The first-order valence-corrected chi connectivity index (χ1v) is 9.27. The molecule has 28 heavy (non-hydrogen) atoms. The van der Waals surface area contributed by atoms with Gasteiger partial charge in [-0.05, 0) is 23.6 Å². The van der Waals surface area contributed by atoms with Gasteiger partial charge in [0.25, 0.3) is 0 Å². The first kappa shape index (κ1) is 19.8. The molecule has 0 atom stereocenters. The zero-order valence-corrected chi connectivity index (χ0v) is 17.0. The summed E-state index contributed by atoms with van der Waals surface area (Å²) >= 11 is 6.17. The Hall–Kier alpha value is -2.99. The maximum Gasteiger partial charge on any atom is 0.229 e. The van der Waals surface area contributed by atoms with Crippen molar-refractivity contribution in [3.63, 3.8) is 0 Å². The second-order valence-electron chi connectivity index (χ2n) is 6.44. The van der Waals surface area contributed by atoms with Crippen LogP contribution in [0.5, 0.6) is 11.5 Å². The van der Waals surface area contributed by atoms with Crippen LogP contribution in [-0.4, -0.2) is 24.2 Å². The SMILES string of the molecule is COc1cc(Nc2ccnc(Nc3ccccc3C(C)C)n2)c(OC)cc1Cl. The molecule has 2 N–H and O–H groups in total. The summed E-state index contributed by atoms with van der Waals surface area (Å²) < 4.78 is 10.7. The molecule has 0 aliphatic carbocycles. The summed E-state index contributed by atoms with van der Waals surface area (Å²) in [5.41, 5.74) is 2.88. The summed E-state index contributed by atoms with van der Waals surface area (Å²) in [6.45, 7) is 4.30. The maximum atomic E-state index is 6.17. The molecule has 1 aromatic heterocycles. The molecule has 1 heterocycles. The van der Waals surface area contributed by atoms with Crippen LogP contribution in [0.1, 0.15) is 25.3 Å². The van der Waals surface area contributed by atoms with E-state index in [1.807, 2.05) is 18.2 Å². The van der Waals surface area contributed by atoms with Gasteiger partial charge < -0.3 is 20.1 Å². The van der Waals surface area contributed by atoms with E-state index in [9.17, 15) is 0 Å². The van der Waals surface area contributed by atoms with Crippen LogP contribution in [0.25, 0.3) is 0 Å². The molecule has 0 spiro atoms. The van der Waals surface area contributed by atoms with Gasteiger partial charge in [-0.3, -0.25) is 0 Å². The van der Waals surface area contributed by atoms with Gasteiger partial charge in [-0.15, -0.1) is 0 Å². The van der Waals surface area contributed by atoms with Gasteiger partial charge in [0.05, 0.1) is 24.9 Å². The minimum atomic E-state index is 0.385. The molecule has 0 unspecified atom stereocenters. The summed E-state index contributed by atoms with van der Waals surface area (Å²) in [5, 5.41) is 7.01. The predicted molar refractivity (Wildman–Crippen MR) is 114 cm³/mol. The Kier molecular flexibility index (Phi) is 6.21. The Morgan fingerprint density at radius 3 is 2.39 bits per heavy atom. The van der Waals surface area contributed by atoms with Gasteiger partial charge >= 0.3 is 0 Å². The third kappa shape index (κ3) is 4.46. The van der Waals surface area contributed by atoms with E-state index >= 15 is 0 Å². The number of para-hydroxylation sites is 1. The summed E-state index contributed by atoms with van der Waals surface area (Å²) in [7, 11) is 3.15. The Morgan fingerprint density at radius 2 is 1.68 bits per heavy atom. The standard InChI is InChI=1S/C21H23ClN4O2/c1-13(2)14-7-5-6-8-16(14)25-21-23-10-9-20(26-21)24-17-12-18(27-3)15(22)11-19(17)28-4/h5-13H,1-4H3,(H2,23,24,25,26). The quantitative estimate of drug-likeness (QED) is 0.527. The van der Waals surface area contributed by atoms with Crippen molar-refractivity contribution >= 4 is 34.7 Å². The van der Waals surface area contributed by atoms with Crippen molar-refractivity contribution in [2.75, 3.05) is 24.9 Å². The number of aromatic nitrogens is 2. The molecule has 0 amide bonds. The smallest absolute Gasteiger partial charge is 0.229 e. The summed E-state index contributed by atoms with van der Waals surface area (Å²) in [6.07, 6.45) is 1.69. The van der Waals surface area contributed by atoms with Crippen molar-refractivity contribution in [2.45, 2.75) is 19.8 Å². The Morgan fingerprint density at radius 1 is 0.929 bits per heavy atom. The monoisotopic (exact) mass is 398 g/mol. The number of anilines is 4. The van der Waals surface area contributed by atoms with Crippen molar-refractivity contribution in [3.05, 3.63) is 59.2 Å². The fourth-order valence-corrected chi connectivity index (χ4v) is 3.05. The molecule has 0 radical (unpaired) electrons. The average molecular weight is 399 g/mol. The van der Waals surface area contributed by atoms with Gasteiger partial charge in [0, 0.05) is 24.0 Å². The first-order chi connectivity index (χ1) is 13.5. The van der Waals surface area contributed by atoms with Crippen LogP contribution in [-0.2, 0) is 0 Å². The lowest BCUT2D eigenvalue weighted by Gasteiger charge is -2.15. The van der Waals surface area contributed by atoms with Crippen LogP contribution < -0.4 is 20.1 Å². The minimum absolute atomic E-state index is 0.385. The Labute approximate surface area is 169 Å². The van der Waals surface area contributed by atoms with Crippen molar-refractivity contribution in [2.24, 2.45) is 0 Å². The largest absolute Gasteiger partial charge is 0.495 e. The van der Waals surface area contributed by atoms with Crippen molar-refractivity contribution in [1.29, 1.82) is 0 Å². The molecule has 3 rings (SSSR count). The van der Waals surface area contributed by atoms with Gasteiger partial charge in [0.1, 0.15) is 17.3 Å². The lowest BCUT2D eigenvalue weighted by Crippen LogP contribution is -2.03. The third-order valence-electron chi connectivity index (χ3n) is 4.22. The maximum absolute atomic E-state index is 6.17. The third-order valence-corrected chi connectivity index (χ3v) is 4.52. The van der Waals surface area contributed by atoms with E-state index in [-0.39, 0.29) is 0 Å². The number of rotatable bonds is 7. The molecule has 0 aliphatic rings. The van der Waals surface area contributed by atoms with Crippen LogP contribution in [0.4, 0.5) is 23.1 Å². The molecule has 0 saturated carbocycles.